The van der Waals surface area contributed by atoms with Crippen LogP contribution in [-0.4, -0.2) is 58.0 Å². The molecule has 0 aromatic heterocycles. The summed E-state index contributed by atoms with van der Waals surface area (Å²) in [6.07, 6.45) is -2.22. The minimum Gasteiger partial charge on any atom is -0.454 e. The molecule has 6 nitrogen and oxygen atoms in total. The molecule has 0 aromatic rings. The van der Waals surface area contributed by atoms with Crippen LogP contribution in [0.3, 0.4) is 0 Å². The van der Waals surface area contributed by atoms with E-state index in [9.17, 15) is 4.79 Å². The predicted octanol–water partition coefficient (Wildman–Crippen LogP) is 0.339. The van der Waals surface area contributed by atoms with Crippen molar-refractivity contribution >= 4 is 5.97 Å². The van der Waals surface area contributed by atoms with E-state index in [1.807, 2.05) is 6.92 Å². The molecule has 0 radical (unpaired) electrons. The second kappa shape index (κ2) is 6.30. The van der Waals surface area contributed by atoms with Gasteiger partial charge in [0.2, 0.25) is 0 Å². The SMILES string of the molecule is CO[C@H]1O[C@H](C)[C@@H](OC)[C@H](OC)[C@@H]1OC(C)=O. The van der Waals surface area contributed by atoms with E-state index in [2.05, 4.69) is 0 Å². The van der Waals surface area contributed by atoms with Gasteiger partial charge in [-0.2, -0.15) is 0 Å². The van der Waals surface area contributed by atoms with Crippen LogP contribution in [-0.2, 0) is 28.5 Å². The van der Waals surface area contributed by atoms with Crippen LogP contribution in [0.5, 0.6) is 0 Å². The Morgan fingerprint density at radius 2 is 1.59 bits per heavy atom. The Bertz CT molecular complexity index is 256. The highest BCUT2D eigenvalue weighted by atomic mass is 16.7. The molecule has 0 spiro atoms. The lowest BCUT2D eigenvalue weighted by molar-refractivity contribution is -0.297. The zero-order valence-electron chi connectivity index (χ0n) is 10.8. The molecule has 0 aromatic carbocycles. The molecule has 1 aliphatic rings. The van der Waals surface area contributed by atoms with Crippen molar-refractivity contribution in [1.82, 2.24) is 0 Å². The maximum atomic E-state index is 11.1. The molecule has 0 amide bonds. The highest BCUT2D eigenvalue weighted by Crippen LogP contribution is 2.27. The minimum absolute atomic E-state index is 0.207. The maximum absolute atomic E-state index is 11.1. The quantitative estimate of drug-likeness (QED) is 0.668. The number of esters is 1. The van der Waals surface area contributed by atoms with Crippen LogP contribution in [0.1, 0.15) is 13.8 Å². The van der Waals surface area contributed by atoms with Gasteiger partial charge in [0.1, 0.15) is 12.2 Å². The molecule has 1 rings (SSSR count). The Morgan fingerprint density at radius 3 is 2.00 bits per heavy atom. The summed E-state index contributed by atoms with van der Waals surface area (Å²) < 4.78 is 26.6. The fraction of sp³-hybridized carbons (Fsp3) is 0.909. The largest absolute Gasteiger partial charge is 0.454 e. The molecule has 0 unspecified atom stereocenters. The van der Waals surface area contributed by atoms with E-state index >= 15 is 0 Å². The van der Waals surface area contributed by atoms with Crippen LogP contribution >= 0.6 is 0 Å². The molecule has 1 saturated heterocycles. The fourth-order valence-electron chi connectivity index (χ4n) is 2.07. The molecule has 17 heavy (non-hydrogen) atoms. The van der Waals surface area contributed by atoms with E-state index in [0.717, 1.165) is 0 Å². The lowest BCUT2D eigenvalue weighted by atomic mass is 9.99. The van der Waals surface area contributed by atoms with Crippen molar-refractivity contribution in [2.75, 3.05) is 21.3 Å². The molecule has 0 saturated carbocycles. The lowest BCUT2D eigenvalue weighted by Gasteiger charge is -2.43. The van der Waals surface area contributed by atoms with Gasteiger partial charge in [-0.1, -0.05) is 0 Å². The summed E-state index contributed by atoms with van der Waals surface area (Å²) in [7, 11) is 4.60. The zero-order valence-corrected chi connectivity index (χ0v) is 10.8. The smallest absolute Gasteiger partial charge is 0.303 e. The summed E-state index contributed by atoms with van der Waals surface area (Å²) in [5.74, 6) is -0.410. The number of hydrogen-bond acceptors (Lipinski definition) is 6. The summed E-state index contributed by atoms with van der Waals surface area (Å²) in [6, 6.07) is 0. The number of carbonyl (C=O) groups is 1. The first-order valence-electron chi connectivity index (χ1n) is 5.46. The Morgan fingerprint density at radius 1 is 1.00 bits per heavy atom. The van der Waals surface area contributed by atoms with Gasteiger partial charge in [0, 0.05) is 28.3 Å². The van der Waals surface area contributed by atoms with E-state index in [1.165, 1.54) is 21.1 Å². The number of hydrogen-bond donors (Lipinski definition) is 0. The van der Waals surface area contributed by atoms with E-state index in [4.69, 9.17) is 23.7 Å². The monoisotopic (exact) mass is 248 g/mol. The first-order valence-corrected chi connectivity index (χ1v) is 5.46. The molecule has 5 atom stereocenters. The van der Waals surface area contributed by atoms with Crippen molar-refractivity contribution in [3.63, 3.8) is 0 Å². The average Bonchev–Trinajstić information content (AvgIpc) is 2.29. The van der Waals surface area contributed by atoms with Crippen LogP contribution < -0.4 is 0 Å². The van der Waals surface area contributed by atoms with Crippen molar-refractivity contribution in [2.45, 2.75) is 44.6 Å². The molecule has 6 heteroatoms. The molecule has 1 heterocycles. The summed E-state index contributed by atoms with van der Waals surface area (Å²) in [5.41, 5.74) is 0. The van der Waals surface area contributed by atoms with Gasteiger partial charge >= 0.3 is 5.97 Å². The molecule has 0 N–H and O–H groups in total. The Labute approximate surface area is 101 Å². The van der Waals surface area contributed by atoms with E-state index in [0.29, 0.717) is 0 Å². The van der Waals surface area contributed by atoms with Gasteiger partial charge in [0.15, 0.2) is 12.4 Å². The number of rotatable bonds is 4. The van der Waals surface area contributed by atoms with Crippen molar-refractivity contribution < 1.29 is 28.5 Å². The van der Waals surface area contributed by atoms with Crippen molar-refractivity contribution in [1.29, 1.82) is 0 Å². The van der Waals surface area contributed by atoms with Crippen LogP contribution in [0.25, 0.3) is 0 Å². The molecule has 0 aliphatic carbocycles. The highest BCUT2D eigenvalue weighted by Gasteiger charge is 2.47. The van der Waals surface area contributed by atoms with Gasteiger partial charge < -0.3 is 23.7 Å². The van der Waals surface area contributed by atoms with Crippen molar-refractivity contribution in [3.8, 4) is 0 Å². The third-order valence-corrected chi connectivity index (χ3v) is 2.81. The van der Waals surface area contributed by atoms with E-state index in [1.54, 1.807) is 7.11 Å². The number of ether oxygens (including phenoxy) is 5. The molecular formula is C11H20O6. The fourth-order valence-corrected chi connectivity index (χ4v) is 2.07. The van der Waals surface area contributed by atoms with E-state index < -0.39 is 24.5 Å². The third kappa shape index (κ3) is 3.16. The van der Waals surface area contributed by atoms with Crippen LogP contribution in [0.4, 0.5) is 0 Å². The Hall–Kier alpha value is -0.690. The standard InChI is InChI=1S/C11H20O6/c1-6-8(13-3)9(14-4)10(17-7(2)12)11(15-5)16-6/h6,8-11H,1-5H3/t6-,8-,9+,10+,11+/m1/s1. The van der Waals surface area contributed by atoms with Crippen molar-refractivity contribution in [2.24, 2.45) is 0 Å². The van der Waals surface area contributed by atoms with Gasteiger partial charge in [-0.25, -0.2) is 0 Å². The molecule has 1 aliphatic heterocycles. The summed E-state index contributed by atoms with van der Waals surface area (Å²) in [4.78, 5) is 11.1. The Balaban J connectivity index is 2.88. The first-order chi connectivity index (χ1) is 8.04. The predicted molar refractivity (Wildman–Crippen MR) is 58.5 cm³/mol. The van der Waals surface area contributed by atoms with E-state index in [-0.39, 0.29) is 12.2 Å². The van der Waals surface area contributed by atoms with Crippen LogP contribution in [0, 0.1) is 0 Å². The zero-order chi connectivity index (χ0) is 13.0. The molecular weight excluding hydrogens is 228 g/mol. The molecule has 100 valence electrons. The third-order valence-electron chi connectivity index (χ3n) is 2.81. The van der Waals surface area contributed by atoms with Gasteiger partial charge in [-0.05, 0) is 6.92 Å². The molecule has 1 fully saturated rings. The van der Waals surface area contributed by atoms with Crippen molar-refractivity contribution in [3.05, 3.63) is 0 Å². The van der Waals surface area contributed by atoms with Crippen LogP contribution in [0.15, 0.2) is 0 Å². The minimum atomic E-state index is -0.648. The van der Waals surface area contributed by atoms with Crippen LogP contribution in [0.2, 0.25) is 0 Å². The molecule has 0 bridgehead atoms. The Kier molecular flexibility index (Phi) is 5.32. The summed E-state index contributed by atoms with van der Waals surface area (Å²) in [5, 5.41) is 0. The summed E-state index contributed by atoms with van der Waals surface area (Å²) >= 11 is 0. The summed E-state index contributed by atoms with van der Waals surface area (Å²) in [6.45, 7) is 3.19. The highest BCUT2D eigenvalue weighted by molar-refractivity contribution is 5.66. The average molecular weight is 248 g/mol. The first kappa shape index (κ1) is 14.4. The topological polar surface area (TPSA) is 63.2 Å². The van der Waals surface area contributed by atoms with Gasteiger partial charge in [0.05, 0.1) is 6.10 Å². The number of methoxy groups -OCH3 is 3. The van der Waals surface area contributed by atoms with Gasteiger partial charge in [-0.15, -0.1) is 0 Å². The van der Waals surface area contributed by atoms with Gasteiger partial charge in [0.25, 0.3) is 0 Å². The second-order valence-corrected chi connectivity index (χ2v) is 3.92. The second-order valence-electron chi connectivity index (χ2n) is 3.92. The number of carbonyl (C=O) groups excluding carboxylic acids is 1. The van der Waals surface area contributed by atoms with Gasteiger partial charge in [-0.3, -0.25) is 4.79 Å². The maximum Gasteiger partial charge on any atom is 0.303 e. The normalized spacial score (nSPS) is 37.8. The lowest BCUT2D eigenvalue weighted by Crippen LogP contribution is -2.59.